The SMILES string of the molecule is Cc1ccc(-n2c(SCC(=O)NCc3ccccc3Cl)nc3c(sc(=S)n3-c3cc(C)ccc3F)c2=O)cc1. The fourth-order valence-electron chi connectivity index (χ4n) is 3.98. The zero-order chi connectivity index (χ0) is 27.7. The number of amides is 1. The Balaban J connectivity index is 1.57. The first-order chi connectivity index (χ1) is 18.7. The maximum Gasteiger partial charge on any atom is 0.278 e. The fourth-order valence-corrected chi connectivity index (χ4v) is 6.30. The molecule has 6 nitrogen and oxygen atoms in total. The zero-order valence-corrected chi connectivity index (χ0v) is 24.1. The van der Waals surface area contributed by atoms with Gasteiger partial charge in [0.05, 0.1) is 17.1 Å². The van der Waals surface area contributed by atoms with Crippen LogP contribution in [0, 0.1) is 23.6 Å². The third kappa shape index (κ3) is 5.69. The van der Waals surface area contributed by atoms with Crippen molar-refractivity contribution in [2.75, 3.05) is 5.75 Å². The number of aryl methyl sites for hydroxylation is 2. The molecule has 0 saturated heterocycles. The van der Waals surface area contributed by atoms with Crippen molar-refractivity contribution in [1.29, 1.82) is 0 Å². The molecule has 2 heterocycles. The summed E-state index contributed by atoms with van der Waals surface area (Å²) < 4.78 is 18.4. The summed E-state index contributed by atoms with van der Waals surface area (Å²) in [5.41, 5.74) is 3.40. The molecule has 0 fully saturated rings. The number of carbonyl (C=O) groups excluding carboxylic acids is 1. The van der Waals surface area contributed by atoms with Crippen molar-refractivity contribution in [3.63, 3.8) is 0 Å². The third-order valence-electron chi connectivity index (χ3n) is 5.98. The number of thioether (sulfide) groups is 1. The molecule has 2 aromatic heterocycles. The van der Waals surface area contributed by atoms with E-state index in [1.165, 1.54) is 15.2 Å². The van der Waals surface area contributed by atoms with Gasteiger partial charge in [-0.25, -0.2) is 9.37 Å². The Hall–Kier alpha value is -3.31. The number of hydrogen-bond acceptors (Lipinski definition) is 6. The van der Waals surface area contributed by atoms with E-state index in [-0.39, 0.29) is 35.1 Å². The van der Waals surface area contributed by atoms with Crippen LogP contribution in [0.2, 0.25) is 5.02 Å². The number of carbonyl (C=O) groups is 1. The lowest BCUT2D eigenvalue weighted by Crippen LogP contribution is -2.26. The molecule has 1 N–H and O–H groups in total. The smallest absolute Gasteiger partial charge is 0.278 e. The molecule has 0 aliphatic heterocycles. The lowest BCUT2D eigenvalue weighted by Gasteiger charge is -2.14. The highest BCUT2D eigenvalue weighted by atomic mass is 35.5. The van der Waals surface area contributed by atoms with Gasteiger partial charge in [0.2, 0.25) is 5.91 Å². The van der Waals surface area contributed by atoms with Gasteiger partial charge >= 0.3 is 0 Å². The summed E-state index contributed by atoms with van der Waals surface area (Å²) in [5.74, 6) is -0.733. The van der Waals surface area contributed by atoms with E-state index in [9.17, 15) is 14.0 Å². The van der Waals surface area contributed by atoms with Gasteiger partial charge in [0, 0.05) is 11.6 Å². The van der Waals surface area contributed by atoms with Crippen LogP contribution in [0.25, 0.3) is 21.7 Å². The molecule has 198 valence electrons. The lowest BCUT2D eigenvalue weighted by atomic mass is 10.2. The van der Waals surface area contributed by atoms with Gasteiger partial charge < -0.3 is 5.32 Å². The minimum atomic E-state index is -0.478. The summed E-state index contributed by atoms with van der Waals surface area (Å²) in [4.78, 5) is 31.4. The topological polar surface area (TPSA) is 68.9 Å². The summed E-state index contributed by atoms with van der Waals surface area (Å²) >= 11 is 14.0. The van der Waals surface area contributed by atoms with Gasteiger partial charge in [0.25, 0.3) is 5.56 Å². The van der Waals surface area contributed by atoms with Crippen molar-refractivity contribution in [2.45, 2.75) is 25.5 Å². The van der Waals surface area contributed by atoms with E-state index in [0.29, 0.717) is 24.5 Å². The number of halogens is 2. The molecular weight excluding hydrogens is 575 g/mol. The van der Waals surface area contributed by atoms with E-state index in [1.54, 1.807) is 18.2 Å². The van der Waals surface area contributed by atoms with Crippen LogP contribution in [0.4, 0.5) is 4.39 Å². The Labute approximate surface area is 242 Å². The van der Waals surface area contributed by atoms with Crippen molar-refractivity contribution >= 4 is 63.2 Å². The van der Waals surface area contributed by atoms with Gasteiger partial charge in [-0.05, 0) is 67.5 Å². The van der Waals surface area contributed by atoms with Crippen LogP contribution in [-0.2, 0) is 11.3 Å². The van der Waals surface area contributed by atoms with Crippen molar-refractivity contribution in [3.8, 4) is 11.4 Å². The average Bonchev–Trinajstić information content (AvgIpc) is 3.25. The fraction of sp³-hybridized carbons (Fsp3) is 0.143. The molecule has 1 amide bonds. The standard InChI is InChI=1S/C28H22ClFN4O2S3/c1-16-7-10-19(11-8-16)33-26(36)24-25(34(28(37)39-24)22-13-17(2)9-12-21(22)30)32-27(33)38-15-23(35)31-14-18-5-3-4-6-20(18)29/h3-13H,14-15H2,1-2H3,(H,31,35). The maximum absolute atomic E-state index is 14.9. The van der Waals surface area contributed by atoms with E-state index in [0.717, 1.165) is 39.8 Å². The van der Waals surface area contributed by atoms with Crippen molar-refractivity contribution in [1.82, 2.24) is 19.4 Å². The number of nitrogens with zero attached hydrogens (tertiary/aromatic N) is 3. The van der Waals surface area contributed by atoms with Gasteiger partial charge in [0.1, 0.15) is 10.5 Å². The third-order valence-corrected chi connectivity index (χ3v) is 8.64. The molecule has 0 spiro atoms. The van der Waals surface area contributed by atoms with E-state index in [4.69, 9.17) is 28.8 Å². The van der Waals surface area contributed by atoms with Crippen LogP contribution in [0.5, 0.6) is 0 Å². The molecule has 39 heavy (non-hydrogen) atoms. The van der Waals surface area contributed by atoms with Gasteiger partial charge in [0.15, 0.2) is 14.8 Å². The molecule has 0 bridgehead atoms. The number of nitrogens with one attached hydrogen (secondary N) is 1. The first-order valence-corrected chi connectivity index (χ1v) is 14.5. The molecule has 0 saturated carbocycles. The summed E-state index contributed by atoms with van der Waals surface area (Å²) in [7, 11) is 0. The van der Waals surface area contributed by atoms with Crippen LogP contribution in [-0.4, -0.2) is 25.8 Å². The second kappa shape index (κ2) is 11.4. The normalized spacial score (nSPS) is 11.2. The van der Waals surface area contributed by atoms with Crippen molar-refractivity contribution < 1.29 is 9.18 Å². The number of fused-ring (bicyclic) bond motifs is 1. The number of benzene rings is 3. The van der Waals surface area contributed by atoms with Gasteiger partial charge in [-0.2, -0.15) is 0 Å². The Kier molecular flexibility index (Phi) is 7.99. The number of rotatable bonds is 7. The molecular formula is C28H22ClFN4O2S3. The summed E-state index contributed by atoms with van der Waals surface area (Å²) in [6.45, 7) is 4.07. The predicted molar refractivity (Wildman–Crippen MR) is 159 cm³/mol. The zero-order valence-electron chi connectivity index (χ0n) is 20.9. The molecule has 3 aromatic carbocycles. The Morgan fingerprint density at radius 2 is 1.79 bits per heavy atom. The monoisotopic (exact) mass is 596 g/mol. The molecule has 0 unspecified atom stereocenters. The lowest BCUT2D eigenvalue weighted by molar-refractivity contribution is -0.118. The van der Waals surface area contributed by atoms with Crippen molar-refractivity contribution in [3.05, 3.63) is 109 Å². The number of hydrogen-bond donors (Lipinski definition) is 1. The molecule has 11 heteroatoms. The minimum absolute atomic E-state index is 0.00205. The van der Waals surface area contributed by atoms with Gasteiger partial charge in [-0.1, -0.05) is 76.7 Å². The predicted octanol–water partition coefficient (Wildman–Crippen LogP) is 6.79. The highest BCUT2D eigenvalue weighted by Crippen LogP contribution is 2.29. The summed E-state index contributed by atoms with van der Waals surface area (Å²) in [6, 6.07) is 19.4. The maximum atomic E-state index is 14.9. The molecule has 0 radical (unpaired) electrons. The van der Waals surface area contributed by atoms with Gasteiger partial charge in [-0.3, -0.25) is 18.7 Å². The largest absolute Gasteiger partial charge is 0.351 e. The highest BCUT2D eigenvalue weighted by molar-refractivity contribution is 7.99. The second-order valence-corrected chi connectivity index (χ2v) is 11.8. The molecule has 0 aliphatic rings. The van der Waals surface area contributed by atoms with Crippen LogP contribution >= 0.6 is 46.9 Å². The quantitative estimate of drug-likeness (QED) is 0.127. The van der Waals surface area contributed by atoms with E-state index in [1.807, 2.05) is 56.3 Å². The molecule has 0 atom stereocenters. The van der Waals surface area contributed by atoms with E-state index in [2.05, 4.69) is 5.32 Å². The first-order valence-electron chi connectivity index (χ1n) is 11.9. The Morgan fingerprint density at radius 1 is 1.08 bits per heavy atom. The van der Waals surface area contributed by atoms with Crippen LogP contribution in [0.1, 0.15) is 16.7 Å². The van der Waals surface area contributed by atoms with Crippen LogP contribution in [0.15, 0.2) is 76.7 Å². The average molecular weight is 597 g/mol. The summed E-state index contributed by atoms with van der Waals surface area (Å²) in [5, 5.41) is 3.71. The first kappa shape index (κ1) is 27.3. The van der Waals surface area contributed by atoms with Crippen molar-refractivity contribution in [2.24, 2.45) is 0 Å². The van der Waals surface area contributed by atoms with Gasteiger partial charge in [-0.15, -0.1) is 0 Å². The Bertz CT molecular complexity index is 1830. The minimum Gasteiger partial charge on any atom is -0.351 e. The Morgan fingerprint density at radius 3 is 2.54 bits per heavy atom. The summed E-state index contributed by atoms with van der Waals surface area (Å²) in [6.07, 6.45) is 0. The second-order valence-electron chi connectivity index (χ2n) is 8.84. The van der Waals surface area contributed by atoms with Crippen LogP contribution < -0.4 is 10.9 Å². The molecule has 5 aromatic rings. The number of thiazole rings is 1. The molecule has 5 rings (SSSR count). The van der Waals surface area contributed by atoms with Crippen LogP contribution in [0.3, 0.4) is 0 Å². The van der Waals surface area contributed by atoms with E-state index < -0.39 is 5.82 Å². The number of aromatic nitrogens is 3. The van der Waals surface area contributed by atoms with E-state index >= 15 is 0 Å². The molecule has 0 aliphatic carbocycles. The highest BCUT2D eigenvalue weighted by Gasteiger charge is 2.21.